The van der Waals surface area contributed by atoms with E-state index in [9.17, 15) is 15.0 Å². The first kappa shape index (κ1) is 14.7. The first-order valence-electron chi connectivity index (χ1n) is 8.73. The van der Waals surface area contributed by atoms with E-state index in [1.54, 1.807) is 0 Å². The number of carboxylic acid groups (broad SMARTS) is 1. The zero-order valence-corrected chi connectivity index (χ0v) is 12.9. The monoisotopic (exact) mass is 306 g/mol. The molecule has 4 heteroatoms. The lowest BCUT2D eigenvalue weighted by Gasteiger charge is -2.51. The molecule has 122 valence electrons. The highest BCUT2D eigenvalue weighted by Gasteiger charge is 2.80. The summed E-state index contributed by atoms with van der Waals surface area (Å²) in [7, 11) is 0. The summed E-state index contributed by atoms with van der Waals surface area (Å²) in [6.45, 7) is 2.96. The number of aliphatic hydroxyl groups is 2. The van der Waals surface area contributed by atoms with Crippen LogP contribution in [0.3, 0.4) is 0 Å². The van der Waals surface area contributed by atoms with E-state index in [-0.39, 0.29) is 0 Å². The maximum absolute atomic E-state index is 11.3. The molecule has 0 aromatic heterocycles. The van der Waals surface area contributed by atoms with Gasteiger partial charge in [-0.2, -0.15) is 0 Å². The van der Waals surface area contributed by atoms with Crippen LogP contribution in [0.5, 0.6) is 0 Å². The third-order valence-electron chi connectivity index (χ3n) is 7.72. The van der Waals surface area contributed by atoms with E-state index in [1.807, 2.05) is 0 Å². The molecule has 0 aromatic rings. The SMILES string of the molecule is C=CC(=O)O.OC12CC(C3CCCC31)C1C3CCC(C3)C12O. The van der Waals surface area contributed by atoms with Gasteiger partial charge in [-0.25, -0.2) is 4.79 Å². The van der Waals surface area contributed by atoms with E-state index >= 15 is 0 Å². The van der Waals surface area contributed by atoms with Crippen molar-refractivity contribution in [3.63, 3.8) is 0 Å². The second-order valence-corrected chi connectivity index (χ2v) is 8.16. The molecule has 0 aromatic carbocycles. The highest BCUT2D eigenvalue weighted by Crippen LogP contribution is 2.75. The number of hydrogen-bond donors (Lipinski definition) is 3. The molecule has 0 aliphatic heterocycles. The van der Waals surface area contributed by atoms with Gasteiger partial charge in [-0.3, -0.25) is 0 Å². The van der Waals surface area contributed by atoms with Crippen molar-refractivity contribution in [2.75, 3.05) is 0 Å². The average molecular weight is 306 g/mol. The Morgan fingerprint density at radius 3 is 2.55 bits per heavy atom. The zero-order valence-electron chi connectivity index (χ0n) is 12.9. The van der Waals surface area contributed by atoms with Crippen LogP contribution < -0.4 is 0 Å². The van der Waals surface area contributed by atoms with Gasteiger partial charge >= 0.3 is 5.97 Å². The molecule has 5 aliphatic rings. The number of carbonyl (C=O) groups is 1. The van der Waals surface area contributed by atoms with E-state index in [4.69, 9.17) is 5.11 Å². The Morgan fingerprint density at radius 2 is 1.86 bits per heavy atom. The molecule has 0 radical (unpaired) electrons. The average Bonchev–Trinajstić information content (AvgIpc) is 3.22. The lowest BCUT2D eigenvalue weighted by molar-refractivity contribution is -0.214. The van der Waals surface area contributed by atoms with E-state index in [2.05, 4.69) is 6.58 Å². The third kappa shape index (κ3) is 1.53. The maximum Gasteiger partial charge on any atom is 0.327 e. The maximum atomic E-state index is 11.3. The first-order valence-corrected chi connectivity index (χ1v) is 8.73. The molecular formula is C18H26O4. The Bertz CT molecular complexity index is 517. The molecule has 3 N–H and O–H groups in total. The Hall–Kier alpha value is -0.870. The number of carboxylic acids is 1. The molecule has 0 spiro atoms. The Labute approximate surface area is 131 Å². The van der Waals surface area contributed by atoms with Crippen LogP contribution in [0.25, 0.3) is 0 Å². The lowest BCUT2D eigenvalue weighted by Crippen LogP contribution is -2.62. The summed E-state index contributed by atoms with van der Waals surface area (Å²) < 4.78 is 0. The second kappa shape index (κ2) is 4.57. The Balaban J connectivity index is 0.000000222. The highest BCUT2D eigenvalue weighted by atomic mass is 16.4. The molecule has 8 unspecified atom stereocenters. The fraction of sp³-hybridized carbons (Fsp3) is 0.833. The van der Waals surface area contributed by atoms with Gasteiger partial charge in [0.2, 0.25) is 0 Å². The zero-order chi connectivity index (χ0) is 15.7. The Morgan fingerprint density at radius 1 is 1.14 bits per heavy atom. The number of aliphatic carboxylic acids is 1. The lowest BCUT2D eigenvalue weighted by atomic mass is 9.59. The van der Waals surface area contributed by atoms with Crippen LogP contribution in [0, 0.1) is 35.5 Å². The van der Waals surface area contributed by atoms with E-state index < -0.39 is 17.2 Å². The largest absolute Gasteiger partial charge is 0.478 e. The van der Waals surface area contributed by atoms with Crippen molar-refractivity contribution in [1.82, 2.24) is 0 Å². The quantitative estimate of drug-likeness (QED) is 0.513. The summed E-state index contributed by atoms with van der Waals surface area (Å²) in [6.07, 6.45) is 9.24. The van der Waals surface area contributed by atoms with E-state index in [1.165, 1.54) is 38.5 Å². The van der Waals surface area contributed by atoms with Gasteiger partial charge in [0.1, 0.15) is 0 Å². The van der Waals surface area contributed by atoms with Gasteiger partial charge in [0.15, 0.2) is 0 Å². The van der Waals surface area contributed by atoms with Crippen molar-refractivity contribution >= 4 is 5.97 Å². The molecule has 0 amide bonds. The smallest absolute Gasteiger partial charge is 0.327 e. The van der Waals surface area contributed by atoms with Crippen LogP contribution in [0.4, 0.5) is 0 Å². The molecular weight excluding hydrogens is 280 g/mol. The summed E-state index contributed by atoms with van der Waals surface area (Å²) in [5, 5.41) is 30.1. The fourth-order valence-corrected chi connectivity index (χ4v) is 7.30. The van der Waals surface area contributed by atoms with Crippen LogP contribution in [-0.4, -0.2) is 32.5 Å². The minimum absolute atomic E-state index is 0.425. The van der Waals surface area contributed by atoms with Crippen molar-refractivity contribution in [3.8, 4) is 0 Å². The van der Waals surface area contributed by atoms with Crippen molar-refractivity contribution in [2.24, 2.45) is 35.5 Å². The van der Waals surface area contributed by atoms with Gasteiger partial charge in [0.05, 0.1) is 11.2 Å². The molecule has 4 bridgehead atoms. The Kier molecular flexibility index (Phi) is 3.06. The highest BCUT2D eigenvalue weighted by molar-refractivity contribution is 5.78. The van der Waals surface area contributed by atoms with Gasteiger partial charge in [-0.1, -0.05) is 13.0 Å². The number of hydrogen-bond acceptors (Lipinski definition) is 3. The van der Waals surface area contributed by atoms with Crippen LogP contribution in [0.1, 0.15) is 44.9 Å². The van der Waals surface area contributed by atoms with E-state index in [0.717, 1.165) is 24.3 Å². The molecule has 5 saturated carbocycles. The fourth-order valence-electron chi connectivity index (χ4n) is 7.30. The number of rotatable bonds is 1. The first-order chi connectivity index (χ1) is 10.4. The molecule has 8 atom stereocenters. The molecule has 5 aliphatic carbocycles. The van der Waals surface area contributed by atoms with Gasteiger partial charge in [0, 0.05) is 6.08 Å². The van der Waals surface area contributed by atoms with Gasteiger partial charge in [-0.05, 0) is 74.0 Å². The van der Waals surface area contributed by atoms with Crippen LogP contribution in [-0.2, 0) is 4.79 Å². The molecule has 4 nitrogen and oxygen atoms in total. The van der Waals surface area contributed by atoms with Crippen LogP contribution >= 0.6 is 0 Å². The topological polar surface area (TPSA) is 77.8 Å². The predicted octanol–water partition coefficient (Wildman–Crippen LogP) is 2.20. The van der Waals surface area contributed by atoms with E-state index in [0.29, 0.717) is 23.7 Å². The van der Waals surface area contributed by atoms with Gasteiger partial charge in [0.25, 0.3) is 0 Å². The summed E-state index contributed by atoms with van der Waals surface area (Å²) in [5.74, 6) is 2.50. The van der Waals surface area contributed by atoms with Gasteiger partial charge in [-0.15, -0.1) is 0 Å². The van der Waals surface area contributed by atoms with Crippen molar-refractivity contribution in [1.29, 1.82) is 0 Å². The number of fused-ring (bicyclic) bond motifs is 12. The van der Waals surface area contributed by atoms with Crippen molar-refractivity contribution in [2.45, 2.75) is 56.1 Å². The summed E-state index contributed by atoms with van der Waals surface area (Å²) in [5.41, 5.74) is -1.37. The molecule has 22 heavy (non-hydrogen) atoms. The standard InChI is InChI=1S/C15H22O2.C3H4O2/c16-14-7-11(10-2-1-3-12(10)14)13-8-4-5-9(6-8)15(13,14)17;1-2-3(4)5/h8-13,16-17H,1-7H2;2H,1H2,(H,4,5). The molecule has 5 rings (SSSR count). The minimum Gasteiger partial charge on any atom is -0.478 e. The molecule has 0 heterocycles. The normalized spacial score (nSPS) is 56.3. The minimum atomic E-state index is -0.981. The van der Waals surface area contributed by atoms with Crippen molar-refractivity contribution in [3.05, 3.63) is 12.7 Å². The second-order valence-electron chi connectivity index (χ2n) is 8.16. The molecule has 5 fully saturated rings. The third-order valence-corrected chi connectivity index (χ3v) is 7.72. The summed E-state index contributed by atoms with van der Waals surface area (Å²) >= 11 is 0. The summed E-state index contributed by atoms with van der Waals surface area (Å²) in [4.78, 5) is 9.25. The molecule has 0 saturated heterocycles. The van der Waals surface area contributed by atoms with Crippen LogP contribution in [0.15, 0.2) is 12.7 Å². The van der Waals surface area contributed by atoms with Gasteiger partial charge < -0.3 is 15.3 Å². The van der Waals surface area contributed by atoms with Crippen molar-refractivity contribution < 1.29 is 20.1 Å². The summed E-state index contributed by atoms with van der Waals surface area (Å²) in [6, 6.07) is 0. The van der Waals surface area contributed by atoms with Crippen LogP contribution in [0.2, 0.25) is 0 Å². The predicted molar refractivity (Wildman–Crippen MR) is 81.0 cm³/mol.